The van der Waals surface area contributed by atoms with Gasteiger partial charge in [-0.1, -0.05) is 64.4 Å². The Morgan fingerprint density at radius 1 is 1.11 bits per heavy atom. The Labute approximate surface area is 209 Å². The van der Waals surface area contributed by atoms with E-state index >= 15 is 0 Å². The van der Waals surface area contributed by atoms with Crippen LogP contribution in [0.3, 0.4) is 0 Å². The first kappa shape index (κ1) is 24.1. The molecule has 35 heavy (non-hydrogen) atoms. The molecule has 2 N–H and O–H groups in total. The third-order valence-electron chi connectivity index (χ3n) is 9.11. The molecule has 4 atom stereocenters. The third kappa shape index (κ3) is 4.42. The molecular weight excluding hydrogens is 434 g/mol. The van der Waals surface area contributed by atoms with Gasteiger partial charge in [0.05, 0.1) is 0 Å². The summed E-state index contributed by atoms with van der Waals surface area (Å²) in [5.41, 5.74) is 6.81. The predicted octanol–water partition coefficient (Wildman–Crippen LogP) is 6.12. The van der Waals surface area contributed by atoms with Gasteiger partial charge in [0.25, 0.3) is 0 Å². The zero-order chi connectivity index (χ0) is 24.8. The number of benzene rings is 2. The Morgan fingerprint density at radius 2 is 1.89 bits per heavy atom. The number of carbonyl (C=O) groups excluding carboxylic acids is 1. The SMILES string of the molecule is CC(C)c1ccc2c(c1)CCC1C(C)(CNCC3OC(=O)C=C3c3ccc(O)cc3)CCCC21C. The Bertz CT molecular complexity index is 1130. The molecule has 0 saturated heterocycles. The molecule has 1 fully saturated rings. The van der Waals surface area contributed by atoms with Crippen molar-refractivity contribution in [2.75, 3.05) is 13.1 Å². The zero-order valence-electron chi connectivity index (χ0n) is 21.6. The van der Waals surface area contributed by atoms with Gasteiger partial charge in [0.1, 0.15) is 11.9 Å². The highest BCUT2D eigenvalue weighted by atomic mass is 16.5. The molecule has 0 aromatic heterocycles. The smallest absolute Gasteiger partial charge is 0.331 e. The van der Waals surface area contributed by atoms with Crippen molar-refractivity contribution >= 4 is 11.5 Å². The molecule has 186 valence electrons. The monoisotopic (exact) mass is 473 g/mol. The second kappa shape index (κ2) is 9.13. The van der Waals surface area contributed by atoms with Gasteiger partial charge in [-0.3, -0.25) is 0 Å². The van der Waals surface area contributed by atoms with Crippen molar-refractivity contribution in [3.8, 4) is 5.75 Å². The van der Waals surface area contributed by atoms with E-state index in [1.165, 1.54) is 37.7 Å². The van der Waals surface area contributed by atoms with Crippen molar-refractivity contribution in [1.82, 2.24) is 5.32 Å². The van der Waals surface area contributed by atoms with Gasteiger partial charge in [-0.25, -0.2) is 4.79 Å². The van der Waals surface area contributed by atoms with Crippen LogP contribution in [-0.2, 0) is 21.4 Å². The number of cyclic esters (lactones) is 1. The number of fused-ring (bicyclic) bond motifs is 3. The number of nitrogens with one attached hydrogen (secondary N) is 1. The quantitative estimate of drug-likeness (QED) is 0.496. The number of hydrogen-bond donors (Lipinski definition) is 2. The van der Waals surface area contributed by atoms with Crippen LogP contribution in [0.5, 0.6) is 5.75 Å². The van der Waals surface area contributed by atoms with Crippen LogP contribution in [-0.4, -0.2) is 30.3 Å². The molecule has 5 rings (SSSR count). The highest BCUT2D eigenvalue weighted by Crippen LogP contribution is 2.57. The molecule has 1 heterocycles. The average Bonchev–Trinajstić information content (AvgIpc) is 3.19. The molecule has 4 nitrogen and oxygen atoms in total. The van der Waals surface area contributed by atoms with E-state index in [0.29, 0.717) is 18.4 Å². The second-order valence-electron chi connectivity index (χ2n) is 11.8. The maximum atomic E-state index is 12.1. The number of hydrogen-bond acceptors (Lipinski definition) is 4. The van der Waals surface area contributed by atoms with Gasteiger partial charge in [0, 0.05) is 24.7 Å². The number of phenolic OH excluding ortho intramolecular Hbond substituents is 1. The number of carbonyl (C=O) groups is 1. The summed E-state index contributed by atoms with van der Waals surface area (Å²) in [5, 5.41) is 13.3. The van der Waals surface area contributed by atoms with Crippen LogP contribution in [0, 0.1) is 11.3 Å². The van der Waals surface area contributed by atoms with Gasteiger partial charge >= 0.3 is 5.97 Å². The average molecular weight is 474 g/mol. The number of esters is 1. The van der Waals surface area contributed by atoms with E-state index in [4.69, 9.17) is 4.74 Å². The lowest BCUT2D eigenvalue weighted by Crippen LogP contribution is -2.53. The van der Waals surface area contributed by atoms with Crippen molar-refractivity contribution in [2.24, 2.45) is 11.3 Å². The van der Waals surface area contributed by atoms with E-state index in [0.717, 1.165) is 17.7 Å². The van der Waals surface area contributed by atoms with Crippen molar-refractivity contribution in [3.05, 3.63) is 70.8 Å². The first-order chi connectivity index (χ1) is 16.7. The summed E-state index contributed by atoms with van der Waals surface area (Å²) in [6.07, 6.45) is 7.42. The van der Waals surface area contributed by atoms with E-state index in [-0.39, 0.29) is 28.7 Å². The van der Waals surface area contributed by atoms with Gasteiger partial charge in [-0.2, -0.15) is 0 Å². The van der Waals surface area contributed by atoms with Gasteiger partial charge in [0.2, 0.25) is 0 Å². The molecule has 0 bridgehead atoms. The zero-order valence-corrected chi connectivity index (χ0v) is 21.6. The first-order valence-corrected chi connectivity index (χ1v) is 13.3. The molecule has 0 spiro atoms. The molecule has 4 heteroatoms. The van der Waals surface area contributed by atoms with Crippen LogP contribution in [0.1, 0.15) is 81.5 Å². The number of rotatable bonds is 6. The molecule has 1 saturated carbocycles. The Balaban J connectivity index is 1.30. The Hall–Kier alpha value is -2.59. The van der Waals surface area contributed by atoms with Crippen molar-refractivity contribution in [3.63, 3.8) is 0 Å². The highest BCUT2D eigenvalue weighted by molar-refractivity contribution is 5.97. The highest BCUT2D eigenvalue weighted by Gasteiger charge is 2.51. The fraction of sp³-hybridized carbons (Fsp3) is 0.516. The van der Waals surface area contributed by atoms with Gasteiger partial charge < -0.3 is 15.2 Å². The van der Waals surface area contributed by atoms with E-state index in [1.54, 1.807) is 29.3 Å². The lowest BCUT2D eigenvalue weighted by atomic mass is 9.49. The minimum Gasteiger partial charge on any atom is -0.508 e. The molecule has 1 aliphatic heterocycles. The van der Waals surface area contributed by atoms with Crippen LogP contribution in [0.2, 0.25) is 0 Å². The fourth-order valence-corrected chi connectivity index (χ4v) is 7.24. The summed E-state index contributed by atoms with van der Waals surface area (Å²) in [7, 11) is 0. The van der Waals surface area contributed by atoms with Crippen molar-refractivity contribution in [1.29, 1.82) is 0 Å². The third-order valence-corrected chi connectivity index (χ3v) is 9.11. The molecule has 0 amide bonds. The van der Waals surface area contributed by atoms with Crippen LogP contribution < -0.4 is 5.32 Å². The number of aryl methyl sites for hydroxylation is 1. The largest absolute Gasteiger partial charge is 0.508 e. The maximum Gasteiger partial charge on any atom is 0.331 e. The number of aromatic hydroxyl groups is 1. The summed E-state index contributed by atoms with van der Waals surface area (Å²) >= 11 is 0. The van der Waals surface area contributed by atoms with Crippen LogP contribution >= 0.6 is 0 Å². The van der Waals surface area contributed by atoms with E-state index in [1.807, 2.05) is 12.1 Å². The summed E-state index contributed by atoms with van der Waals surface area (Å²) in [5.74, 6) is 1.13. The minimum atomic E-state index is -0.299. The predicted molar refractivity (Wildman–Crippen MR) is 140 cm³/mol. The lowest BCUT2D eigenvalue weighted by Gasteiger charge is -2.56. The number of ether oxygens (including phenoxy) is 1. The Morgan fingerprint density at radius 3 is 2.63 bits per heavy atom. The molecule has 2 aromatic carbocycles. The van der Waals surface area contributed by atoms with Crippen LogP contribution in [0.15, 0.2) is 48.5 Å². The fourth-order valence-electron chi connectivity index (χ4n) is 7.24. The summed E-state index contributed by atoms with van der Waals surface area (Å²) < 4.78 is 5.63. The first-order valence-electron chi connectivity index (χ1n) is 13.3. The van der Waals surface area contributed by atoms with Crippen LogP contribution in [0.4, 0.5) is 0 Å². The molecular formula is C31H39NO3. The van der Waals surface area contributed by atoms with Crippen LogP contribution in [0.25, 0.3) is 5.57 Å². The molecule has 2 aliphatic carbocycles. The van der Waals surface area contributed by atoms with Crippen molar-refractivity contribution in [2.45, 2.75) is 77.2 Å². The molecule has 4 unspecified atom stereocenters. The Kier molecular flexibility index (Phi) is 6.29. The van der Waals surface area contributed by atoms with E-state index in [2.05, 4.69) is 51.2 Å². The summed E-state index contributed by atoms with van der Waals surface area (Å²) in [4.78, 5) is 12.1. The topological polar surface area (TPSA) is 58.6 Å². The molecule has 2 aromatic rings. The minimum absolute atomic E-state index is 0.201. The lowest BCUT2D eigenvalue weighted by molar-refractivity contribution is -0.138. The molecule has 0 radical (unpaired) electrons. The van der Waals surface area contributed by atoms with Gasteiger partial charge in [-0.05, 0) is 82.7 Å². The van der Waals surface area contributed by atoms with E-state index in [9.17, 15) is 9.90 Å². The van der Waals surface area contributed by atoms with Gasteiger partial charge in [-0.15, -0.1) is 0 Å². The second-order valence-corrected chi connectivity index (χ2v) is 11.8. The normalized spacial score (nSPS) is 30.0. The maximum absolute atomic E-state index is 12.1. The molecule has 3 aliphatic rings. The summed E-state index contributed by atoms with van der Waals surface area (Å²) in [6.45, 7) is 11.1. The van der Waals surface area contributed by atoms with Crippen molar-refractivity contribution < 1.29 is 14.6 Å². The van der Waals surface area contributed by atoms with Gasteiger partial charge in [0.15, 0.2) is 0 Å². The van der Waals surface area contributed by atoms with E-state index < -0.39 is 0 Å². The summed E-state index contributed by atoms with van der Waals surface area (Å²) in [6, 6.07) is 14.2. The standard InChI is InChI=1S/C31H39NO3/c1-20(2)22-8-12-26-23(16-22)9-13-28-30(3,14-5-15-31(26,28)4)19-32-18-27-25(17-29(34)35-27)21-6-10-24(33)11-7-21/h6-8,10-12,16-17,20,27-28,32-33H,5,9,13-15,18-19H2,1-4H3. The number of phenols is 1.